The summed E-state index contributed by atoms with van der Waals surface area (Å²) in [5.74, 6) is 0.454. The Kier molecular flexibility index (Phi) is 5.70. The molecule has 5 nitrogen and oxygen atoms in total. The molecule has 0 radical (unpaired) electrons. The smallest absolute Gasteiger partial charge is 0.317 e. The molecule has 2 aliphatic heterocycles. The molecule has 1 N–H and O–H groups in total. The Bertz CT molecular complexity index is 454. The largest absolute Gasteiger partial charge is 0.381 e. The van der Waals surface area contributed by atoms with Crippen molar-refractivity contribution < 1.29 is 14.3 Å². The number of nitrogens with one attached hydrogen (secondary N) is 1. The van der Waals surface area contributed by atoms with Gasteiger partial charge in [-0.3, -0.25) is 0 Å². The highest BCUT2D eigenvalue weighted by Crippen LogP contribution is 2.17. The van der Waals surface area contributed by atoms with E-state index in [9.17, 15) is 4.79 Å². The monoisotopic (exact) mass is 324 g/mol. The van der Waals surface area contributed by atoms with Gasteiger partial charge in [-0.15, -0.1) is 11.3 Å². The van der Waals surface area contributed by atoms with Crippen LogP contribution in [-0.4, -0.2) is 49.9 Å². The van der Waals surface area contributed by atoms with Gasteiger partial charge in [0.25, 0.3) is 0 Å². The standard InChI is InChI=1S/C16H24N2O3S/c19-16(17-9-13-5-7-20-12-13)18(10-14-3-1-6-21-14)11-15-4-2-8-22-15/h2,4,8,13-14H,1,3,5-7,9-12H2,(H,17,19)/t13-,14+/m1/s1. The fourth-order valence-electron chi connectivity index (χ4n) is 2.93. The van der Waals surface area contributed by atoms with Crippen LogP contribution < -0.4 is 5.32 Å². The van der Waals surface area contributed by atoms with Gasteiger partial charge in [0, 0.05) is 37.1 Å². The van der Waals surface area contributed by atoms with E-state index in [1.807, 2.05) is 16.3 Å². The Morgan fingerprint density at radius 1 is 1.41 bits per heavy atom. The van der Waals surface area contributed by atoms with Crippen LogP contribution >= 0.6 is 11.3 Å². The summed E-state index contributed by atoms with van der Waals surface area (Å²) in [6, 6.07) is 4.11. The fraction of sp³-hybridized carbons (Fsp3) is 0.688. The third-order valence-electron chi connectivity index (χ3n) is 4.23. The van der Waals surface area contributed by atoms with Crippen molar-refractivity contribution in [3.8, 4) is 0 Å². The van der Waals surface area contributed by atoms with Gasteiger partial charge >= 0.3 is 6.03 Å². The maximum atomic E-state index is 12.5. The molecule has 3 rings (SSSR count). The average Bonchev–Trinajstić information content (AvgIpc) is 3.27. The molecule has 122 valence electrons. The summed E-state index contributed by atoms with van der Waals surface area (Å²) in [6.45, 7) is 4.42. The first kappa shape index (κ1) is 15.8. The van der Waals surface area contributed by atoms with Crippen LogP contribution in [0.1, 0.15) is 24.1 Å². The number of ether oxygens (including phenoxy) is 2. The third-order valence-corrected chi connectivity index (χ3v) is 5.09. The number of hydrogen-bond acceptors (Lipinski definition) is 4. The van der Waals surface area contributed by atoms with Crippen molar-refractivity contribution in [2.24, 2.45) is 5.92 Å². The Morgan fingerprint density at radius 3 is 3.05 bits per heavy atom. The summed E-state index contributed by atoms with van der Waals surface area (Å²) in [5.41, 5.74) is 0. The van der Waals surface area contributed by atoms with Crippen LogP contribution in [0.4, 0.5) is 4.79 Å². The number of carbonyl (C=O) groups excluding carboxylic acids is 1. The zero-order valence-electron chi connectivity index (χ0n) is 12.8. The number of nitrogens with zero attached hydrogens (tertiary/aromatic N) is 1. The van der Waals surface area contributed by atoms with Crippen molar-refractivity contribution in [3.05, 3.63) is 22.4 Å². The number of carbonyl (C=O) groups is 1. The van der Waals surface area contributed by atoms with Gasteiger partial charge < -0.3 is 19.7 Å². The first-order valence-electron chi connectivity index (χ1n) is 8.06. The van der Waals surface area contributed by atoms with E-state index >= 15 is 0 Å². The van der Waals surface area contributed by atoms with Gasteiger partial charge in [0.1, 0.15) is 0 Å². The lowest BCUT2D eigenvalue weighted by Crippen LogP contribution is -2.44. The average molecular weight is 324 g/mol. The highest BCUT2D eigenvalue weighted by molar-refractivity contribution is 7.09. The topological polar surface area (TPSA) is 50.8 Å². The summed E-state index contributed by atoms with van der Waals surface area (Å²) in [4.78, 5) is 15.6. The molecule has 2 saturated heterocycles. The molecule has 0 spiro atoms. The summed E-state index contributed by atoms with van der Waals surface area (Å²) in [7, 11) is 0. The van der Waals surface area contributed by atoms with Crippen LogP contribution in [0.3, 0.4) is 0 Å². The molecule has 3 heterocycles. The molecule has 0 aliphatic carbocycles. The summed E-state index contributed by atoms with van der Waals surface area (Å²) < 4.78 is 11.1. The second-order valence-corrected chi connectivity index (χ2v) is 7.04. The lowest BCUT2D eigenvalue weighted by molar-refractivity contribution is 0.0794. The van der Waals surface area contributed by atoms with Gasteiger partial charge in [-0.05, 0) is 30.7 Å². The zero-order chi connectivity index (χ0) is 15.2. The van der Waals surface area contributed by atoms with Crippen molar-refractivity contribution in [1.82, 2.24) is 10.2 Å². The van der Waals surface area contributed by atoms with E-state index in [1.54, 1.807) is 11.3 Å². The minimum atomic E-state index is 0.0100. The zero-order valence-corrected chi connectivity index (χ0v) is 13.6. The van der Waals surface area contributed by atoms with Crippen LogP contribution in [-0.2, 0) is 16.0 Å². The lowest BCUT2D eigenvalue weighted by Gasteiger charge is -2.26. The molecule has 2 aliphatic rings. The number of hydrogen-bond donors (Lipinski definition) is 1. The fourth-order valence-corrected chi connectivity index (χ4v) is 3.65. The van der Waals surface area contributed by atoms with Crippen molar-refractivity contribution in [2.45, 2.75) is 31.9 Å². The molecule has 2 fully saturated rings. The number of urea groups is 1. The summed E-state index contributed by atoms with van der Waals surface area (Å²) in [5, 5.41) is 5.12. The third kappa shape index (κ3) is 4.44. The molecule has 0 aromatic carbocycles. The Morgan fingerprint density at radius 2 is 2.36 bits per heavy atom. The maximum Gasteiger partial charge on any atom is 0.317 e. The summed E-state index contributed by atoms with van der Waals surface area (Å²) >= 11 is 1.69. The van der Waals surface area contributed by atoms with E-state index in [-0.39, 0.29) is 12.1 Å². The molecule has 22 heavy (non-hydrogen) atoms. The van der Waals surface area contributed by atoms with Crippen LogP contribution in [0.2, 0.25) is 0 Å². The Balaban J connectivity index is 1.54. The Hall–Kier alpha value is -1.11. The molecule has 2 amide bonds. The minimum absolute atomic E-state index is 0.0100. The SMILES string of the molecule is O=C(NC[C@H]1CCOC1)N(Cc1cccs1)C[C@@H]1CCCO1. The van der Waals surface area contributed by atoms with Crippen molar-refractivity contribution in [2.75, 3.05) is 32.9 Å². The molecular formula is C16H24N2O3S. The van der Waals surface area contributed by atoms with E-state index < -0.39 is 0 Å². The molecule has 1 aromatic heterocycles. The van der Waals surface area contributed by atoms with E-state index in [2.05, 4.69) is 11.4 Å². The summed E-state index contributed by atoms with van der Waals surface area (Å²) in [6.07, 6.45) is 3.36. The highest BCUT2D eigenvalue weighted by Gasteiger charge is 2.24. The van der Waals surface area contributed by atoms with Crippen LogP contribution in [0.25, 0.3) is 0 Å². The van der Waals surface area contributed by atoms with E-state index in [0.717, 1.165) is 39.1 Å². The van der Waals surface area contributed by atoms with Gasteiger partial charge in [0.05, 0.1) is 19.3 Å². The number of thiophene rings is 1. The van der Waals surface area contributed by atoms with Crippen molar-refractivity contribution in [1.29, 1.82) is 0 Å². The quantitative estimate of drug-likeness (QED) is 0.874. The van der Waals surface area contributed by atoms with Gasteiger partial charge in [0.15, 0.2) is 0 Å². The van der Waals surface area contributed by atoms with Crippen molar-refractivity contribution in [3.63, 3.8) is 0 Å². The molecule has 0 unspecified atom stereocenters. The number of amides is 2. The maximum absolute atomic E-state index is 12.5. The molecular weight excluding hydrogens is 300 g/mol. The van der Waals surface area contributed by atoms with E-state index in [1.165, 1.54) is 4.88 Å². The van der Waals surface area contributed by atoms with Gasteiger partial charge in [-0.1, -0.05) is 6.07 Å². The number of rotatable bonds is 6. The van der Waals surface area contributed by atoms with E-state index in [4.69, 9.17) is 9.47 Å². The second kappa shape index (κ2) is 7.94. The first-order valence-corrected chi connectivity index (χ1v) is 8.94. The Labute approximate surface area is 135 Å². The van der Waals surface area contributed by atoms with Crippen LogP contribution in [0.5, 0.6) is 0 Å². The van der Waals surface area contributed by atoms with Crippen LogP contribution in [0.15, 0.2) is 17.5 Å². The first-order chi connectivity index (χ1) is 10.8. The highest BCUT2D eigenvalue weighted by atomic mass is 32.1. The van der Waals surface area contributed by atoms with Gasteiger partial charge in [-0.25, -0.2) is 4.79 Å². The predicted molar refractivity (Wildman–Crippen MR) is 86.0 cm³/mol. The van der Waals surface area contributed by atoms with Crippen molar-refractivity contribution >= 4 is 17.4 Å². The molecule has 6 heteroatoms. The molecule has 2 atom stereocenters. The molecule has 0 saturated carbocycles. The van der Waals surface area contributed by atoms with Crippen LogP contribution in [0, 0.1) is 5.92 Å². The van der Waals surface area contributed by atoms with Gasteiger partial charge in [-0.2, -0.15) is 0 Å². The van der Waals surface area contributed by atoms with Gasteiger partial charge in [0.2, 0.25) is 0 Å². The molecule has 1 aromatic rings. The normalized spacial score (nSPS) is 24.5. The lowest BCUT2D eigenvalue weighted by atomic mass is 10.1. The predicted octanol–water partition coefficient (Wildman–Crippen LogP) is 2.48. The second-order valence-electron chi connectivity index (χ2n) is 6.01. The molecule has 0 bridgehead atoms. The van der Waals surface area contributed by atoms with E-state index in [0.29, 0.717) is 25.6 Å². The minimum Gasteiger partial charge on any atom is -0.381 e.